The summed E-state index contributed by atoms with van der Waals surface area (Å²) in [6, 6.07) is 3.39. The number of anilines is 1. The van der Waals surface area contributed by atoms with Gasteiger partial charge in [0.2, 0.25) is 0 Å². The molecule has 0 amide bonds. The number of rotatable bonds is 3. The lowest BCUT2D eigenvalue weighted by Gasteiger charge is -2.05. The minimum absolute atomic E-state index is 0.199. The summed E-state index contributed by atoms with van der Waals surface area (Å²) in [7, 11) is 1.55. The molecule has 1 heterocycles. The number of nitrogen functional groups attached to an aromatic ring is 1. The Morgan fingerprint density at radius 3 is 2.92 bits per heavy atom. The Bertz CT molecular complexity index is 268. The van der Waals surface area contributed by atoms with E-state index in [-0.39, 0.29) is 6.79 Å². The number of ether oxygens (including phenoxy) is 2. The van der Waals surface area contributed by atoms with Gasteiger partial charge in [0, 0.05) is 7.11 Å². The minimum Gasteiger partial charge on any atom is -0.465 e. The normalized spacial score (nSPS) is 9.83. The molecule has 0 spiro atoms. The molecule has 0 unspecified atom stereocenters. The maximum absolute atomic E-state index is 5.43. The summed E-state index contributed by atoms with van der Waals surface area (Å²) in [4.78, 5) is 3.94. The van der Waals surface area contributed by atoms with Gasteiger partial charge in [-0.1, -0.05) is 0 Å². The number of halogens is 1. The number of nitrogens with two attached hydrogens (primary N) is 1. The Balaban J connectivity index is 2.72. The third-order valence-corrected chi connectivity index (χ3v) is 1.74. The zero-order valence-electron chi connectivity index (χ0n) is 6.58. The number of methoxy groups -OCH3 is 1. The summed E-state index contributed by atoms with van der Waals surface area (Å²) in [6.07, 6.45) is 0. The monoisotopic (exact) mass is 232 g/mol. The lowest BCUT2D eigenvalue weighted by atomic mass is 10.4. The molecule has 0 fully saturated rings. The second-order valence-corrected chi connectivity index (χ2v) is 2.83. The summed E-state index contributed by atoms with van der Waals surface area (Å²) in [5.41, 5.74) is 5.43. The molecule has 66 valence electrons. The molecule has 4 nitrogen and oxygen atoms in total. The first-order valence-corrected chi connectivity index (χ1v) is 4.07. The average molecular weight is 233 g/mol. The molecule has 1 aromatic heterocycles. The second-order valence-electron chi connectivity index (χ2n) is 2.08. The molecule has 0 bridgehead atoms. The lowest BCUT2D eigenvalue weighted by Crippen LogP contribution is -2.01. The summed E-state index contributed by atoms with van der Waals surface area (Å²) in [6.45, 7) is 0.199. The van der Waals surface area contributed by atoms with Crippen molar-refractivity contribution in [1.29, 1.82) is 0 Å². The zero-order chi connectivity index (χ0) is 8.97. The molecule has 0 aliphatic carbocycles. The molecule has 2 N–H and O–H groups in total. The van der Waals surface area contributed by atoms with Crippen LogP contribution in [0.15, 0.2) is 16.7 Å². The molecule has 0 radical (unpaired) electrons. The number of hydrogen-bond donors (Lipinski definition) is 1. The fourth-order valence-electron chi connectivity index (χ4n) is 0.666. The maximum atomic E-state index is 5.43. The molecule has 5 heteroatoms. The molecule has 0 aliphatic rings. The minimum atomic E-state index is 0.199. The molecular formula is C7H9BrN2O2. The van der Waals surface area contributed by atoms with Crippen LogP contribution < -0.4 is 10.5 Å². The summed E-state index contributed by atoms with van der Waals surface area (Å²) >= 11 is 3.21. The fourth-order valence-corrected chi connectivity index (χ4v) is 1.12. The van der Waals surface area contributed by atoms with E-state index in [2.05, 4.69) is 20.9 Å². The van der Waals surface area contributed by atoms with E-state index in [4.69, 9.17) is 15.2 Å². The van der Waals surface area contributed by atoms with Gasteiger partial charge in [0.25, 0.3) is 0 Å². The van der Waals surface area contributed by atoms with Gasteiger partial charge in [-0.2, -0.15) is 0 Å². The van der Waals surface area contributed by atoms with Crippen LogP contribution in [0.2, 0.25) is 0 Å². The molecule has 0 aliphatic heterocycles. The van der Waals surface area contributed by atoms with Crippen molar-refractivity contribution in [2.24, 2.45) is 0 Å². The van der Waals surface area contributed by atoms with Gasteiger partial charge in [-0.3, -0.25) is 0 Å². The third kappa shape index (κ3) is 2.35. The number of nitrogens with zero attached hydrogens (tertiary/aromatic N) is 1. The Morgan fingerprint density at radius 1 is 1.58 bits per heavy atom. The molecular weight excluding hydrogens is 224 g/mol. The van der Waals surface area contributed by atoms with E-state index in [1.165, 1.54) is 0 Å². The molecule has 1 rings (SSSR count). The Kier molecular flexibility index (Phi) is 3.31. The number of aromatic nitrogens is 1. The first kappa shape index (κ1) is 9.28. The molecule has 12 heavy (non-hydrogen) atoms. The highest BCUT2D eigenvalue weighted by molar-refractivity contribution is 9.10. The molecule has 1 aromatic rings. The standard InChI is InChI=1S/C7H9BrN2O2/c1-11-4-12-5-2-3-6(9)10-7(5)8/h2-3H,4H2,1H3,(H2,9,10). The highest BCUT2D eigenvalue weighted by Crippen LogP contribution is 2.23. The zero-order valence-corrected chi connectivity index (χ0v) is 8.17. The van der Waals surface area contributed by atoms with Crippen molar-refractivity contribution in [1.82, 2.24) is 4.98 Å². The van der Waals surface area contributed by atoms with Crippen LogP contribution in [0.4, 0.5) is 5.82 Å². The lowest BCUT2D eigenvalue weighted by molar-refractivity contribution is 0.0503. The summed E-state index contributed by atoms with van der Waals surface area (Å²) < 4.78 is 10.5. The summed E-state index contributed by atoms with van der Waals surface area (Å²) in [5.74, 6) is 1.07. The number of hydrogen-bond acceptors (Lipinski definition) is 4. The van der Waals surface area contributed by atoms with Crippen LogP contribution in [-0.4, -0.2) is 18.9 Å². The first-order valence-electron chi connectivity index (χ1n) is 3.28. The van der Waals surface area contributed by atoms with Gasteiger partial charge in [0.1, 0.15) is 5.82 Å². The molecule has 0 saturated carbocycles. The fraction of sp³-hybridized carbons (Fsp3) is 0.286. The summed E-state index contributed by atoms with van der Waals surface area (Å²) in [5, 5.41) is 0. The van der Waals surface area contributed by atoms with Crippen LogP contribution in [0.25, 0.3) is 0 Å². The largest absolute Gasteiger partial charge is 0.465 e. The Labute approximate surface area is 78.8 Å². The van der Waals surface area contributed by atoms with Gasteiger partial charge in [-0.25, -0.2) is 4.98 Å². The third-order valence-electron chi connectivity index (χ3n) is 1.17. The van der Waals surface area contributed by atoms with Crippen molar-refractivity contribution in [2.45, 2.75) is 0 Å². The van der Waals surface area contributed by atoms with E-state index in [1.54, 1.807) is 19.2 Å². The van der Waals surface area contributed by atoms with Crippen LogP contribution in [0.5, 0.6) is 5.75 Å². The van der Waals surface area contributed by atoms with Crippen LogP contribution in [0.1, 0.15) is 0 Å². The van der Waals surface area contributed by atoms with Gasteiger partial charge in [0.05, 0.1) is 0 Å². The quantitative estimate of drug-likeness (QED) is 0.633. The van der Waals surface area contributed by atoms with Crippen molar-refractivity contribution < 1.29 is 9.47 Å². The van der Waals surface area contributed by atoms with E-state index < -0.39 is 0 Å². The van der Waals surface area contributed by atoms with Crippen LogP contribution >= 0.6 is 15.9 Å². The van der Waals surface area contributed by atoms with Crippen LogP contribution in [-0.2, 0) is 4.74 Å². The molecule has 0 atom stereocenters. The van der Waals surface area contributed by atoms with E-state index in [0.717, 1.165) is 0 Å². The molecule has 0 saturated heterocycles. The predicted molar refractivity (Wildman–Crippen MR) is 48.9 cm³/mol. The van der Waals surface area contributed by atoms with Crippen LogP contribution in [0.3, 0.4) is 0 Å². The smallest absolute Gasteiger partial charge is 0.188 e. The van der Waals surface area contributed by atoms with Crippen molar-refractivity contribution in [3.63, 3.8) is 0 Å². The Hall–Kier alpha value is -0.810. The highest BCUT2D eigenvalue weighted by Gasteiger charge is 2.01. The van der Waals surface area contributed by atoms with E-state index in [0.29, 0.717) is 16.2 Å². The topological polar surface area (TPSA) is 57.4 Å². The molecule has 0 aromatic carbocycles. The van der Waals surface area contributed by atoms with Gasteiger partial charge in [-0.05, 0) is 28.1 Å². The van der Waals surface area contributed by atoms with Gasteiger partial charge >= 0.3 is 0 Å². The van der Waals surface area contributed by atoms with Crippen molar-refractivity contribution in [2.75, 3.05) is 19.6 Å². The average Bonchev–Trinajstić information content (AvgIpc) is 2.03. The second kappa shape index (κ2) is 4.27. The van der Waals surface area contributed by atoms with Crippen molar-refractivity contribution in [3.05, 3.63) is 16.7 Å². The van der Waals surface area contributed by atoms with Gasteiger partial charge in [-0.15, -0.1) is 0 Å². The number of pyridine rings is 1. The van der Waals surface area contributed by atoms with Gasteiger partial charge in [0.15, 0.2) is 17.1 Å². The van der Waals surface area contributed by atoms with E-state index >= 15 is 0 Å². The SMILES string of the molecule is COCOc1ccc(N)nc1Br. The van der Waals surface area contributed by atoms with E-state index in [1.807, 2.05) is 0 Å². The van der Waals surface area contributed by atoms with Crippen LogP contribution in [0, 0.1) is 0 Å². The first-order chi connectivity index (χ1) is 5.74. The maximum Gasteiger partial charge on any atom is 0.188 e. The van der Waals surface area contributed by atoms with Gasteiger partial charge < -0.3 is 15.2 Å². The predicted octanol–water partition coefficient (Wildman–Crippen LogP) is 1.41. The van der Waals surface area contributed by atoms with Crippen molar-refractivity contribution >= 4 is 21.7 Å². The Morgan fingerprint density at radius 2 is 2.33 bits per heavy atom. The van der Waals surface area contributed by atoms with Crippen molar-refractivity contribution in [3.8, 4) is 5.75 Å². The highest BCUT2D eigenvalue weighted by atomic mass is 79.9. The van der Waals surface area contributed by atoms with E-state index in [9.17, 15) is 0 Å².